The highest BCUT2D eigenvalue weighted by atomic mass is 15.2. The van der Waals surface area contributed by atoms with Crippen molar-refractivity contribution in [3.8, 4) is 0 Å². The van der Waals surface area contributed by atoms with Crippen molar-refractivity contribution in [1.82, 2.24) is 9.80 Å². The van der Waals surface area contributed by atoms with Crippen LogP contribution < -0.4 is 5.73 Å². The van der Waals surface area contributed by atoms with Gasteiger partial charge in [0.05, 0.1) is 0 Å². The molecule has 0 amide bonds. The van der Waals surface area contributed by atoms with Crippen LogP contribution in [0.25, 0.3) is 0 Å². The lowest BCUT2D eigenvalue weighted by Gasteiger charge is -2.25. The van der Waals surface area contributed by atoms with E-state index >= 15 is 0 Å². The minimum atomic E-state index is 0.172. The van der Waals surface area contributed by atoms with Crippen LogP contribution in [0.5, 0.6) is 0 Å². The molecule has 0 aromatic heterocycles. The van der Waals surface area contributed by atoms with Gasteiger partial charge in [-0.15, -0.1) is 0 Å². The molecule has 0 aromatic rings. The Morgan fingerprint density at radius 1 is 0.938 bits per heavy atom. The summed E-state index contributed by atoms with van der Waals surface area (Å²) in [6, 6.07) is 0. The Labute approximate surface area is 101 Å². The molecular formula is C13H29N3. The molecule has 0 radical (unpaired) electrons. The second-order valence-electron chi connectivity index (χ2n) is 5.11. The van der Waals surface area contributed by atoms with Gasteiger partial charge >= 0.3 is 0 Å². The number of nitrogens with two attached hydrogens (primary N) is 1. The lowest BCUT2D eigenvalue weighted by molar-refractivity contribution is 0.230. The molecule has 1 saturated carbocycles. The van der Waals surface area contributed by atoms with Crippen molar-refractivity contribution in [3.05, 3.63) is 0 Å². The molecule has 0 bridgehead atoms. The third-order valence-corrected chi connectivity index (χ3v) is 3.72. The van der Waals surface area contributed by atoms with E-state index in [1.165, 1.54) is 45.4 Å². The number of likely N-dealkylation sites (N-methyl/N-ethyl adjacent to an activating group) is 1. The summed E-state index contributed by atoms with van der Waals surface area (Å²) >= 11 is 0. The summed E-state index contributed by atoms with van der Waals surface area (Å²) in [7, 11) is 0. The van der Waals surface area contributed by atoms with Gasteiger partial charge in [0.1, 0.15) is 0 Å². The fourth-order valence-corrected chi connectivity index (χ4v) is 2.17. The predicted octanol–water partition coefficient (Wildman–Crippen LogP) is 1.53. The van der Waals surface area contributed by atoms with Crippen molar-refractivity contribution >= 4 is 0 Å². The molecule has 0 aliphatic heterocycles. The van der Waals surface area contributed by atoms with Crippen LogP contribution in [0.15, 0.2) is 0 Å². The first-order chi connectivity index (χ1) is 7.63. The summed E-state index contributed by atoms with van der Waals surface area (Å²) < 4.78 is 0. The Morgan fingerprint density at radius 2 is 1.44 bits per heavy atom. The minimum absolute atomic E-state index is 0.172. The predicted molar refractivity (Wildman–Crippen MR) is 70.7 cm³/mol. The van der Waals surface area contributed by atoms with Crippen molar-refractivity contribution in [2.45, 2.75) is 45.6 Å². The molecule has 0 aromatic carbocycles. The van der Waals surface area contributed by atoms with Gasteiger partial charge in [-0.25, -0.2) is 0 Å². The maximum absolute atomic E-state index is 6.15. The van der Waals surface area contributed by atoms with Gasteiger partial charge < -0.3 is 15.5 Å². The number of rotatable bonds is 9. The molecule has 0 atom stereocenters. The Kier molecular flexibility index (Phi) is 5.73. The van der Waals surface area contributed by atoms with E-state index in [-0.39, 0.29) is 5.54 Å². The Balaban J connectivity index is 2.13. The summed E-state index contributed by atoms with van der Waals surface area (Å²) in [6.45, 7) is 13.7. The van der Waals surface area contributed by atoms with Gasteiger partial charge in [0.2, 0.25) is 0 Å². The standard InChI is InChI=1S/C13H29N3/c1-4-15(5-2)10-7-11-16(6-3)12-13(14)8-9-13/h4-12,14H2,1-3H3. The van der Waals surface area contributed by atoms with Gasteiger partial charge in [-0.3, -0.25) is 0 Å². The van der Waals surface area contributed by atoms with Gasteiger partial charge in [-0.1, -0.05) is 20.8 Å². The van der Waals surface area contributed by atoms with E-state index < -0.39 is 0 Å². The van der Waals surface area contributed by atoms with Crippen LogP contribution in [0.3, 0.4) is 0 Å². The van der Waals surface area contributed by atoms with E-state index in [9.17, 15) is 0 Å². The molecule has 2 N–H and O–H groups in total. The van der Waals surface area contributed by atoms with E-state index in [0.29, 0.717) is 0 Å². The van der Waals surface area contributed by atoms with Gasteiger partial charge in [0.15, 0.2) is 0 Å². The Morgan fingerprint density at radius 3 is 1.88 bits per heavy atom. The lowest BCUT2D eigenvalue weighted by Crippen LogP contribution is -2.40. The highest BCUT2D eigenvalue weighted by Crippen LogP contribution is 2.32. The van der Waals surface area contributed by atoms with Gasteiger partial charge in [0.25, 0.3) is 0 Å². The quantitative estimate of drug-likeness (QED) is 0.648. The number of hydrogen-bond donors (Lipinski definition) is 1. The molecule has 1 aliphatic rings. The van der Waals surface area contributed by atoms with Crippen molar-refractivity contribution in [2.75, 3.05) is 39.3 Å². The topological polar surface area (TPSA) is 32.5 Å². The first kappa shape index (κ1) is 13.9. The number of nitrogens with zero attached hydrogens (tertiary/aromatic N) is 2. The van der Waals surface area contributed by atoms with Crippen LogP contribution in [-0.4, -0.2) is 54.6 Å². The maximum Gasteiger partial charge on any atom is 0.0284 e. The van der Waals surface area contributed by atoms with Crippen molar-refractivity contribution in [2.24, 2.45) is 5.73 Å². The van der Waals surface area contributed by atoms with Crippen molar-refractivity contribution in [3.63, 3.8) is 0 Å². The van der Waals surface area contributed by atoms with Crippen LogP contribution in [0.1, 0.15) is 40.0 Å². The number of hydrogen-bond acceptors (Lipinski definition) is 3. The third-order valence-electron chi connectivity index (χ3n) is 3.72. The first-order valence-electron chi connectivity index (χ1n) is 6.87. The zero-order chi connectivity index (χ0) is 12.0. The monoisotopic (exact) mass is 227 g/mol. The molecule has 3 heteroatoms. The molecule has 0 saturated heterocycles. The van der Waals surface area contributed by atoms with Crippen LogP contribution in [-0.2, 0) is 0 Å². The van der Waals surface area contributed by atoms with Gasteiger partial charge in [-0.2, -0.15) is 0 Å². The zero-order valence-corrected chi connectivity index (χ0v) is 11.3. The van der Waals surface area contributed by atoms with E-state index in [1.807, 2.05) is 0 Å². The normalized spacial score (nSPS) is 18.4. The summed E-state index contributed by atoms with van der Waals surface area (Å²) in [4.78, 5) is 5.00. The fraction of sp³-hybridized carbons (Fsp3) is 1.00. The molecule has 16 heavy (non-hydrogen) atoms. The molecule has 1 fully saturated rings. The van der Waals surface area contributed by atoms with Crippen LogP contribution in [0, 0.1) is 0 Å². The molecule has 1 aliphatic carbocycles. The zero-order valence-electron chi connectivity index (χ0n) is 11.3. The minimum Gasteiger partial charge on any atom is -0.324 e. The Hall–Kier alpha value is -0.120. The second kappa shape index (κ2) is 6.58. The third kappa shape index (κ3) is 4.81. The Bertz CT molecular complexity index is 186. The molecule has 0 unspecified atom stereocenters. The van der Waals surface area contributed by atoms with E-state index in [2.05, 4.69) is 30.6 Å². The summed E-state index contributed by atoms with van der Waals surface area (Å²) in [5.74, 6) is 0. The maximum atomic E-state index is 6.15. The summed E-state index contributed by atoms with van der Waals surface area (Å²) in [6.07, 6.45) is 3.71. The summed E-state index contributed by atoms with van der Waals surface area (Å²) in [5.41, 5.74) is 6.33. The smallest absolute Gasteiger partial charge is 0.0284 e. The summed E-state index contributed by atoms with van der Waals surface area (Å²) in [5, 5.41) is 0. The van der Waals surface area contributed by atoms with Crippen LogP contribution in [0.2, 0.25) is 0 Å². The average Bonchev–Trinajstić information content (AvgIpc) is 3.01. The van der Waals surface area contributed by atoms with Gasteiger partial charge in [-0.05, 0) is 52.0 Å². The molecular weight excluding hydrogens is 198 g/mol. The molecule has 96 valence electrons. The molecule has 0 heterocycles. The van der Waals surface area contributed by atoms with Gasteiger partial charge in [0, 0.05) is 12.1 Å². The molecule has 1 rings (SSSR count). The lowest BCUT2D eigenvalue weighted by atomic mass is 10.2. The van der Waals surface area contributed by atoms with Crippen LogP contribution >= 0.6 is 0 Å². The van der Waals surface area contributed by atoms with Crippen LogP contribution in [0.4, 0.5) is 0 Å². The molecule has 3 nitrogen and oxygen atoms in total. The van der Waals surface area contributed by atoms with Crippen molar-refractivity contribution < 1.29 is 0 Å². The van der Waals surface area contributed by atoms with E-state index in [1.54, 1.807) is 0 Å². The van der Waals surface area contributed by atoms with E-state index in [0.717, 1.165) is 13.1 Å². The first-order valence-corrected chi connectivity index (χ1v) is 6.87. The SMILES string of the molecule is CCN(CC)CCCN(CC)CC1(N)CC1. The van der Waals surface area contributed by atoms with Crippen molar-refractivity contribution in [1.29, 1.82) is 0 Å². The highest BCUT2D eigenvalue weighted by molar-refractivity contribution is 5.00. The average molecular weight is 227 g/mol. The largest absolute Gasteiger partial charge is 0.324 e. The molecule has 0 spiro atoms. The van der Waals surface area contributed by atoms with E-state index in [4.69, 9.17) is 5.73 Å². The fourth-order valence-electron chi connectivity index (χ4n) is 2.17. The second-order valence-corrected chi connectivity index (χ2v) is 5.11. The highest BCUT2D eigenvalue weighted by Gasteiger charge is 2.39.